The number of rotatable bonds is 4. The summed E-state index contributed by atoms with van der Waals surface area (Å²) in [5.41, 5.74) is 6.73. The molecule has 2 N–H and O–H groups in total. The van der Waals surface area contributed by atoms with Gasteiger partial charge in [0, 0.05) is 17.7 Å². The average Bonchev–Trinajstić information content (AvgIpc) is 2.21. The summed E-state index contributed by atoms with van der Waals surface area (Å²) in [5.74, 6) is 0. The average molecular weight is 244 g/mol. The molecule has 15 heavy (non-hydrogen) atoms. The molecule has 0 heterocycles. The summed E-state index contributed by atoms with van der Waals surface area (Å²) >= 11 is 10.7. The molecule has 0 aliphatic carbocycles. The van der Waals surface area contributed by atoms with Gasteiger partial charge in [-0.1, -0.05) is 29.9 Å². The topological polar surface area (TPSA) is 52.3 Å². The normalized spacial score (nSPS) is 12.1. The molecule has 0 fully saturated rings. The highest BCUT2D eigenvalue weighted by molar-refractivity contribution is 7.80. The van der Waals surface area contributed by atoms with Crippen molar-refractivity contribution in [3.63, 3.8) is 0 Å². The van der Waals surface area contributed by atoms with Crippen molar-refractivity contribution >= 4 is 35.1 Å². The smallest absolute Gasteiger partial charge is 0.153 e. The van der Waals surface area contributed by atoms with Crippen LogP contribution in [0.2, 0.25) is 5.02 Å². The number of carbonyl (C=O) groups is 1. The van der Waals surface area contributed by atoms with Crippen LogP contribution in [0.1, 0.15) is 17.2 Å². The zero-order chi connectivity index (χ0) is 11.4. The van der Waals surface area contributed by atoms with Crippen LogP contribution in [0.3, 0.4) is 0 Å². The van der Waals surface area contributed by atoms with Crippen molar-refractivity contribution in [2.75, 3.05) is 7.11 Å². The highest BCUT2D eigenvalue weighted by Crippen LogP contribution is 2.22. The molecule has 0 aliphatic rings. The Morgan fingerprint density at radius 3 is 2.80 bits per heavy atom. The number of methoxy groups -OCH3 is 1. The predicted molar refractivity (Wildman–Crippen MR) is 63.2 cm³/mol. The Kier molecular flexibility index (Phi) is 4.20. The van der Waals surface area contributed by atoms with Crippen LogP contribution in [0, 0.1) is 0 Å². The molecule has 0 bridgehead atoms. The molecule has 0 aliphatic heterocycles. The minimum absolute atomic E-state index is 0.191. The minimum atomic E-state index is -0.668. The van der Waals surface area contributed by atoms with E-state index in [1.165, 1.54) is 7.11 Å². The fraction of sp³-hybridized carbons (Fsp3) is 0.200. The lowest BCUT2D eigenvalue weighted by atomic mass is 10.0. The maximum Gasteiger partial charge on any atom is 0.153 e. The van der Waals surface area contributed by atoms with Crippen molar-refractivity contribution in [2.24, 2.45) is 5.73 Å². The van der Waals surface area contributed by atoms with Gasteiger partial charge in [0.2, 0.25) is 0 Å². The minimum Gasteiger partial charge on any atom is -0.389 e. The van der Waals surface area contributed by atoms with E-state index in [-0.39, 0.29) is 4.99 Å². The third kappa shape index (κ3) is 2.75. The number of hydrogen-bond acceptors (Lipinski definition) is 3. The number of halogens is 1. The van der Waals surface area contributed by atoms with Crippen LogP contribution in [-0.4, -0.2) is 18.4 Å². The number of thiocarbonyl (C=S) groups is 1. The van der Waals surface area contributed by atoms with Gasteiger partial charge >= 0.3 is 0 Å². The Bertz CT molecular complexity index is 395. The van der Waals surface area contributed by atoms with Crippen LogP contribution in [0.15, 0.2) is 18.2 Å². The van der Waals surface area contributed by atoms with Gasteiger partial charge in [0.1, 0.15) is 11.1 Å². The highest BCUT2D eigenvalue weighted by Gasteiger charge is 2.15. The Morgan fingerprint density at radius 1 is 1.67 bits per heavy atom. The first-order chi connectivity index (χ1) is 7.10. The van der Waals surface area contributed by atoms with Crippen LogP contribution >= 0.6 is 23.8 Å². The third-order valence-electron chi connectivity index (χ3n) is 1.96. The van der Waals surface area contributed by atoms with Gasteiger partial charge in [0.15, 0.2) is 6.29 Å². The molecule has 0 aromatic heterocycles. The molecule has 1 aromatic rings. The summed E-state index contributed by atoms with van der Waals surface area (Å²) in [5, 5.41) is 0.516. The largest absolute Gasteiger partial charge is 0.389 e. The Balaban J connectivity index is 3.27. The van der Waals surface area contributed by atoms with Crippen LogP contribution in [0.4, 0.5) is 0 Å². The molecular formula is C10H10ClNO2S. The summed E-state index contributed by atoms with van der Waals surface area (Å²) in [6.07, 6.45) is 0.0177. The van der Waals surface area contributed by atoms with Crippen LogP contribution in [0.5, 0.6) is 0 Å². The molecule has 1 aromatic carbocycles. The van der Waals surface area contributed by atoms with Crippen LogP contribution in [-0.2, 0) is 9.53 Å². The molecule has 0 saturated carbocycles. The van der Waals surface area contributed by atoms with Gasteiger partial charge in [-0.2, -0.15) is 0 Å². The molecule has 1 rings (SSSR count). The van der Waals surface area contributed by atoms with Gasteiger partial charge < -0.3 is 15.3 Å². The van der Waals surface area contributed by atoms with E-state index in [0.717, 1.165) is 0 Å². The van der Waals surface area contributed by atoms with Gasteiger partial charge in [-0.25, -0.2) is 0 Å². The molecule has 1 atom stereocenters. The van der Waals surface area contributed by atoms with E-state index in [4.69, 9.17) is 34.3 Å². The number of benzene rings is 1. The summed E-state index contributed by atoms with van der Waals surface area (Å²) in [6, 6.07) is 4.96. The quantitative estimate of drug-likeness (QED) is 0.648. The summed E-state index contributed by atoms with van der Waals surface area (Å²) < 4.78 is 4.99. The fourth-order valence-electron chi connectivity index (χ4n) is 1.25. The maximum absolute atomic E-state index is 10.8. The van der Waals surface area contributed by atoms with Crippen molar-refractivity contribution < 1.29 is 9.53 Å². The molecule has 0 spiro atoms. The Hall–Kier alpha value is -0.970. The van der Waals surface area contributed by atoms with Crippen molar-refractivity contribution in [3.8, 4) is 0 Å². The van der Waals surface area contributed by atoms with E-state index in [9.17, 15) is 4.79 Å². The zero-order valence-corrected chi connectivity index (χ0v) is 9.64. The predicted octanol–water partition coefficient (Wildman–Crippen LogP) is 1.86. The summed E-state index contributed by atoms with van der Waals surface area (Å²) in [4.78, 5) is 10.9. The van der Waals surface area contributed by atoms with E-state index >= 15 is 0 Å². The number of aldehydes is 1. The van der Waals surface area contributed by atoms with Crippen molar-refractivity contribution in [3.05, 3.63) is 34.3 Å². The van der Waals surface area contributed by atoms with Gasteiger partial charge in [0.25, 0.3) is 0 Å². The summed E-state index contributed by atoms with van der Waals surface area (Å²) in [7, 11) is 1.44. The van der Waals surface area contributed by atoms with Crippen LogP contribution in [0.25, 0.3) is 0 Å². The first-order valence-electron chi connectivity index (χ1n) is 4.17. The van der Waals surface area contributed by atoms with Crippen molar-refractivity contribution in [1.82, 2.24) is 0 Å². The molecule has 0 amide bonds. The number of carbonyl (C=O) groups excluding carboxylic acids is 1. The first-order valence-corrected chi connectivity index (χ1v) is 4.96. The van der Waals surface area contributed by atoms with Gasteiger partial charge in [-0.15, -0.1) is 0 Å². The van der Waals surface area contributed by atoms with E-state index < -0.39 is 6.10 Å². The van der Waals surface area contributed by atoms with E-state index in [2.05, 4.69) is 0 Å². The molecule has 0 radical (unpaired) electrons. The third-order valence-corrected chi connectivity index (χ3v) is 2.42. The molecular weight excluding hydrogens is 234 g/mol. The van der Waals surface area contributed by atoms with E-state index in [1.807, 2.05) is 0 Å². The van der Waals surface area contributed by atoms with Crippen LogP contribution < -0.4 is 5.73 Å². The first kappa shape index (κ1) is 12.1. The lowest BCUT2D eigenvalue weighted by Crippen LogP contribution is -2.15. The molecule has 5 heteroatoms. The fourth-order valence-corrected chi connectivity index (χ4v) is 1.59. The number of hydrogen-bond donors (Lipinski definition) is 1. The number of nitrogens with two attached hydrogens (primary N) is 1. The number of ether oxygens (including phenoxy) is 1. The van der Waals surface area contributed by atoms with E-state index in [1.54, 1.807) is 18.2 Å². The molecule has 80 valence electrons. The lowest BCUT2D eigenvalue weighted by Gasteiger charge is -2.13. The second kappa shape index (κ2) is 5.21. The van der Waals surface area contributed by atoms with Crippen molar-refractivity contribution in [1.29, 1.82) is 0 Å². The Labute approximate surface area is 98.2 Å². The van der Waals surface area contributed by atoms with E-state index in [0.29, 0.717) is 22.4 Å². The SMILES string of the molecule is COC(C=O)c1ccc(Cl)cc1C(N)=S. The monoisotopic (exact) mass is 243 g/mol. The molecule has 3 nitrogen and oxygen atoms in total. The van der Waals surface area contributed by atoms with Gasteiger partial charge in [0.05, 0.1) is 0 Å². The van der Waals surface area contributed by atoms with Crippen molar-refractivity contribution in [2.45, 2.75) is 6.10 Å². The second-order valence-corrected chi connectivity index (χ2v) is 3.76. The van der Waals surface area contributed by atoms with Gasteiger partial charge in [-0.3, -0.25) is 0 Å². The standard InChI is InChI=1S/C10H10ClNO2S/c1-14-9(5-13)7-3-2-6(11)4-8(7)10(12)15/h2-5,9H,1H3,(H2,12,15). The molecule has 1 unspecified atom stereocenters. The zero-order valence-electron chi connectivity index (χ0n) is 8.07. The second-order valence-electron chi connectivity index (χ2n) is 2.89. The maximum atomic E-state index is 10.8. The highest BCUT2D eigenvalue weighted by atomic mass is 35.5. The lowest BCUT2D eigenvalue weighted by molar-refractivity contribution is -0.116. The Morgan fingerprint density at radius 2 is 2.33 bits per heavy atom. The molecule has 0 saturated heterocycles. The van der Waals surface area contributed by atoms with Gasteiger partial charge in [-0.05, 0) is 17.7 Å². The summed E-state index contributed by atoms with van der Waals surface area (Å²) in [6.45, 7) is 0.